The second-order valence-corrected chi connectivity index (χ2v) is 6.72. The van der Waals surface area contributed by atoms with E-state index in [1.54, 1.807) is 12.1 Å². The molecule has 0 amide bonds. The van der Waals surface area contributed by atoms with Gasteiger partial charge in [0.15, 0.2) is 3.55 Å². The molecule has 1 N–H and O–H groups in total. The Kier molecular flexibility index (Phi) is 4.37. The van der Waals surface area contributed by atoms with Crippen LogP contribution in [0.15, 0.2) is 24.3 Å². The van der Waals surface area contributed by atoms with Gasteiger partial charge in [-0.2, -0.15) is 0 Å². The first kappa shape index (κ1) is 13.9. The maximum Gasteiger partial charge on any atom is 0.339 e. The third-order valence-corrected chi connectivity index (χ3v) is 5.12. The van der Waals surface area contributed by atoms with Crippen LogP contribution in [0.1, 0.15) is 25.7 Å². The van der Waals surface area contributed by atoms with Gasteiger partial charge >= 0.3 is 5.97 Å². The molecule has 2 rings (SSSR count). The van der Waals surface area contributed by atoms with E-state index in [1.807, 2.05) is 17.0 Å². The number of benzene rings is 1. The fourth-order valence-corrected chi connectivity index (χ4v) is 3.32. The molecule has 5 heteroatoms. The topological polar surface area (TPSA) is 40.5 Å². The van der Waals surface area contributed by atoms with Crippen LogP contribution in [-0.4, -0.2) is 21.2 Å². The van der Waals surface area contributed by atoms with Crippen LogP contribution in [0, 0.1) is 0 Å². The van der Waals surface area contributed by atoms with E-state index in [0.29, 0.717) is 11.4 Å². The fraction of sp³-hybridized carbons (Fsp3) is 0.462. The summed E-state index contributed by atoms with van der Waals surface area (Å²) >= 11 is 7.95. The first-order chi connectivity index (χ1) is 8.54. The van der Waals surface area contributed by atoms with Crippen molar-refractivity contribution < 1.29 is 9.90 Å². The first-order valence-electron chi connectivity index (χ1n) is 5.99. The molecular formula is C13H15ClINO2. The number of rotatable bonds is 2. The van der Waals surface area contributed by atoms with Crippen LogP contribution in [0.4, 0.5) is 5.69 Å². The second kappa shape index (κ2) is 5.65. The molecule has 0 radical (unpaired) electrons. The molecule has 1 saturated heterocycles. The average molecular weight is 380 g/mol. The smallest absolute Gasteiger partial charge is 0.339 e. The van der Waals surface area contributed by atoms with Crippen molar-refractivity contribution in [2.24, 2.45) is 0 Å². The molecule has 18 heavy (non-hydrogen) atoms. The van der Waals surface area contributed by atoms with Crippen LogP contribution in [-0.2, 0) is 4.79 Å². The molecule has 1 unspecified atom stereocenters. The molecule has 1 aromatic carbocycles. The number of halogens is 2. The first-order valence-corrected chi connectivity index (χ1v) is 7.45. The molecule has 0 aromatic heterocycles. The lowest BCUT2D eigenvalue weighted by Crippen LogP contribution is -2.49. The molecule has 1 atom stereocenters. The Labute approximate surface area is 125 Å². The molecule has 1 aliphatic heterocycles. The van der Waals surface area contributed by atoms with Gasteiger partial charge in [-0.25, -0.2) is 4.79 Å². The zero-order chi connectivity index (χ0) is 13.2. The van der Waals surface area contributed by atoms with Gasteiger partial charge in [0.1, 0.15) is 0 Å². The number of carboxylic acids is 1. The van der Waals surface area contributed by atoms with Crippen molar-refractivity contribution >= 4 is 45.8 Å². The van der Waals surface area contributed by atoms with Gasteiger partial charge in [0.05, 0.1) is 0 Å². The zero-order valence-electron chi connectivity index (χ0n) is 9.90. The fourth-order valence-electron chi connectivity index (χ4n) is 2.30. The molecule has 1 fully saturated rings. The van der Waals surface area contributed by atoms with Gasteiger partial charge < -0.3 is 10.0 Å². The number of carbonyl (C=O) groups is 1. The van der Waals surface area contributed by atoms with E-state index in [2.05, 4.69) is 22.6 Å². The molecule has 98 valence electrons. The summed E-state index contributed by atoms with van der Waals surface area (Å²) in [5.41, 5.74) is 0.929. The van der Waals surface area contributed by atoms with Crippen molar-refractivity contribution in [1.82, 2.24) is 0 Å². The van der Waals surface area contributed by atoms with Crippen molar-refractivity contribution in [2.75, 3.05) is 11.4 Å². The van der Waals surface area contributed by atoms with Crippen molar-refractivity contribution in [3.05, 3.63) is 29.3 Å². The average Bonchev–Trinajstić information content (AvgIpc) is 2.53. The minimum absolute atomic E-state index is 0.669. The maximum absolute atomic E-state index is 11.6. The summed E-state index contributed by atoms with van der Waals surface area (Å²) in [5.74, 6) is -0.764. The Morgan fingerprint density at radius 2 is 1.94 bits per heavy atom. The Bertz CT molecular complexity index is 437. The molecular weight excluding hydrogens is 365 g/mol. The van der Waals surface area contributed by atoms with E-state index in [-0.39, 0.29) is 0 Å². The van der Waals surface area contributed by atoms with Crippen LogP contribution in [0.25, 0.3) is 0 Å². The summed E-state index contributed by atoms with van der Waals surface area (Å²) < 4.78 is -0.845. The number of hydrogen-bond acceptors (Lipinski definition) is 2. The maximum atomic E-state index is 11.6. The summed E-state index contributed by atoms with van der Waals surface area (Å²) in [6.45, 7) is 0.775. The Morgan fingerprint density at radius 1 is 1.28 bits per heavy atom. The third kappa shape index (κ3) is 2.74. The van der Waals surface area contributed by atoms with Crippen molar-refractivity contribution in [1.29, 1.82) is 0 Å². The van der Waals surface area contributed by atoms with Gasteiger partial charge in [0.25, 0.3) is 0 Å². The predicted octanol–water partition coefficient (Wildman–Crippen LogP) is 3.94. The lowest BCUT2D eigenvalue weighted by molar-refractivity contribution is -0.139. The largest absolute Gasteiger partial charge is 0.479 e. The monoisotopic (exact) mass is 379 g/mol. The van der Waals surface area contributed by atoms with Crippen LogP contribution >= 0.6 is 34.2 Å². The van der Waals surface area contributed by atoms with E-state index in [1.165, 1.54) is 0 Å². The quantitative estimate of drug-likeness (QED) is 0.481. The molecule has 1 heterocycles. The summed E-state index contributed by atoms with van der Waals surface area (Å²) in [6.07, 6.45) is 3.74. The SMILES string of the molecule is O=C(O)C1(I)CCCCCN1c1ccc(Cl)cc1. The van der Waals surface area contributed by atoms with Gasteiger partial charge in [-0.3, -0.25) is 0 Å². The molecule has 1 aromatic rings. The van der Waals surface area contributed by atoms with E-state index >= 15 is 0 Å². The standard InChI is InChI=1S/C13H15ClINO2/c14-10-4-6-11(7-5-10)16-9-3-1-2-8-13(16,15)12(17)18/h4-7H,1-3,8-9H2,(H,17,18). The summed E-state index contributed by atoms with van der Waals surface area (Å²) in [5, 5.41) is 10.2. The summed E-state index contributed by atoms with van der Waals surface area (Å²) in [4.78, 5) is 13.6. The number of nitrogens with zero attached hydrogens (tertiary/aromatic N) is 1. The lowest BCUT2D eigenvalue weighted by atomic mass is 10.1. The highest BCUT2D eigenvalue weighted by atomic mass is 127. The van der Waals surface area contributed by atoms with Crippen molar-refractivity contribution in [3.63, 3.8) is 0 Å². The van der Waals surface area contributed by atoms with Gasteiger partial charge in [-0.15, -0.1) is 0 Å². The molecule has 3 nitrogen and oxygen atoms in total. The normalized spacial score (nSPS) is 24.7. The Hall–Kier alpha value is -0.490. The highest BCUT2D eigenvalue weighted by Gasteiger charge is 2.42. The molecule has 0 spiro atoms. The van der Waals surface area contributed by atoms with Gasteiger partial charge in [-0.05, 0) is 66.1 Å². The van der Waals surface area contributed by atoms with Crippen LogP contribution in [0.3, 0.4) is 0 Å². The van der Waals surface area contributed by atoms with E-state index < -0.39 is 9.51 Å². The number of anilines is 1. The Morgan fingerprint density at radius 3 is 2.56 bits per heavy atom. The van der Waals surface area contributed by atoms with Gasteiger partial charge in [0.2, 0.25) is 0 Å². The highest BCUT2D eigenvalue weighted by Crippen LogP contribution is 2.37. The zero-order valence-corrected chi connectivity index (χ0v) is 12.8. The van der Waals surface area contributed by atoms with Crippen molar-refractivity contribution in [3.8, 4) is 0 Å². The van der Waals surface area contributed by atoms with Gasteiger partial charge in [-0.1, -0.05) is 18.0 Å². The third-order valence-electron chi connectivity index (χ3n) is 3.28. The second-order valence-electron chi connectivity index (χ2n) is 4.50. The summed E-state index contributed by atoms with van der Waals surface area (Å²) in [6, 6.07) is 7.40. The number of hydrogen-bond donors (Lipinski definition) is 1. The number of aliphatic carboxylic acids is 1. The van der Waals surface area contributed by atoms with E-state index in [9.17, 15) is 9.90 Å². The van der Waals surface area contributed by atoms with Crippen LogP contribution < -0.4 is 4.90 Å². The number of alkyl halides is 1. The molecule has 0 bridgehead atoms. The lowest BCUT2D eigenvalue weighted by Gasteiger charge is -2.36. The van der Waals surface area contributed by atoms with Gasteiger partial charge in [0, 0.05) is 17.3 Å². The minimum atomic E-state index is -0.845. The minimum Gasteiger partial charge on any atom is -0.479 e. The van der Waals surface area contributed by atoms with Crippen LogP contribution in [0.2, 0.25) is 5.02 Å². The molecule has 0 aliphatic carbocycles. The summed E-state index contributed by atoms with van der Waals surface area (Å²) in [7, 11) is 0. The molecule has 0 saturated carbocycles. The number of carboxylic acid groups (broad SMARTS) is 1. The van der Waals surface area contributed by atoms with E-state index in [0.717, 1.165) is 31.5 Å². The highest BCUT2D eigenvalue weighted by molar-refractivity contribution is 14.1. The van der Waals surface area contributed by atoms with Crippen LogP contribution in [0.5, 0.6) is 0 Å². The van der Waals surface area contributed by atoms with E-state index in [4.69, 9.17) is 11.6 Å². The Balaban J connectivity index is 2.37. The van der Waals surface area contributed by atoms with Crippen molar-refractivity contribution in [2.45, 2.75) is 29.2 Å². The predicted molar refractivity (Wildman–Crippen MR) is 81.7 cm³/mol. The molecule has 1 aliphatic rings.